The topological polar surface area (TPSA) is 90.9 Å². The molecule has 9 heteroatoms. The van der Waals surface area contributed by atoms with E-state index in [4.69, 9.17) is 9.72 Å². The Morgan fingerprint density at radius 2 is 2.03 bits per heavy atom. The average Bonchev–Trinajstić information content (AvgIpc) is 3.27. The van der Waals surface area contributed by atoms with Crippen molar-refractivity contribution in [2.45, 2.75) is 51.7 Å². The lowest BCUT2D eigenvalue weighted by molar-refractivity contribution is -0.130. The van der Waals surface area contributed by atoms with Gasteiger partial charge in [-0.05, 0) is 31.9 Å². The van der Waals surface area contributed by atoms with Gasteiger partial charge < -0.3 is 24.8 Å². The van der Waals surface area contributed by atoms with E-state index < -0.39 is 0 Å². The standard InChI is InChI=1S/C25H32N6O3/c1-3-26-25-27-15-22-23(28-25)30-11-5-7-19(30)16-31(24(22)33)18-6-4-8-21(14-18)34-20-9-12-29(13-10-20)17(2)32/h4,6,8,14-15,19-20H,3,5,7,9-13,16H2,1-2H3,(H,26,27,28). The summed E-state index contributed by atoms with van der Waals surface area (Å²) >= 11 is 0. The zero-order chi connectivity index (χ0) is 23.7. The third-order valence-corrected chi connectivity index (χ3v) is 6.94. The fourth-order valence-electron chi connectivity index (χ4n) is 5.16. The second kappa shape index (κ2) is 9.48. The van der Waals surface area contributed by atoms with Crippen LogP contribution in [0, 0.1) is 0 Å². The van der Waals surface area contributed by atoms with E-state index >= 15 is 0 Å². The lowest BCUT2D eigenvalue weighted by atomic mass is 10.1. The van der Waals surface area contributed by atoms with Gasteiger partial charge in [0.05, 0.1) is 0 Å². The van der Waals surface area contributed by atoms with E-state index in [-0.39, 0.29) is 24.0 Å². The Balaban J connectivity index is 1.38. The van der Waals surface area contributed by atoms with Crippen LogP contribution in [0.15, 0.2) is 30.5 Å². The number of ether oxygens (including phenoxy) is 1. The van der Waals surface area contributed by atoms with Gasteiger partial charge in [-0.2, -0.15) is 4.98 Å². The van der Waals surface area contributed by atoms with Gasteiger partial charge in [-0.3, -0.25) is 9.59 Å². The van der Waals surface area contributed by atoms with Gasteiger partial charge >= 0.3 is 0 Å². The fraction of sp³-hybridized carbons (Fsp3) is 0.520. The number of hydrogen-bond donors (Lipinski definition) is 1. The summed E-state index contributed by atoms with van der Waals surface area (Å²) < 4.78 is 6.26. The van der Waals surface area contributed by atoms with Gasteiger partial charge in [-0.1, -0.05) is 6.07 Å². The molecule has 0 saturated carbocycles. The van der Waals surface area contributed by atoms with Crippen LogP contribution in [0.1, 0.15) is 49.9 Å². The summed E-state index contributed by atoms with van der Waals surface area (Å²) in [5.74, 6) is 2.06. The largest absolute Gasteiger partial charge is 0.490 e. The summed E-state index contributed by atoms with van der Waals surface area (Å²) in [7, 11) is 0. The molecule has 1 N–H and O–H groups in total. The molecule has 1 atom stereocenters. The summed E-state index contributed by atoms with van der Waals surface area (Å²) in [6, 6.07) is 8.00. The highest BCUT2D eigenvalue weighted by Crippen LogP contribution is 2.35. The van der Waals surface area contributed by atoms with Crippen molar-refractivity contribution in [1.29, 1.82) is 0 Å². The number of hydrogen-bond acceptors (Lipinski definition) is 7. The summed E-state index contributed by atoms with van der Waals surface area (Å²) in [5.41, 5.74) is 1.35. The lowest BCUT2D eigenvalue weighted by Crippen LogP contribution is -2.40. The second-order valence-corrected chi connectivity index (χ2v) is 9.19. The predicted molar refractivity (Wildman–Crippen MR) is 131 cm³/mol. The molecule has 0 radical (unpaired) electrons. The van der Waals surface area contributed by atoms with Crippen LogP contribution in [-0.4, -0.2) is 71.6 Å². The molecule has 1 aromatic carbocycles. The number of carbonyl (C=O) groups excluding carboxylic acids is 2. The number of nitrogens with one attached hydrogen (secondary N) is 1. The maximum atomic E-state index is 13.7. The maximum Gasteiger partial charge on any atom is 0.263 e. The number of carbonyl (C=O) groups is 2. The molecule has 9 nitrogen and oxygen atoms in total. The van der Waals surface area contributed by atoms with E-state index in [9.17, 15) is 9.59 Å². The van der Waals surface area contributed by atoms with Crippen molar-refractivity contribution >= 4 is 29.3 Å². The van der Waals surface area contributed by atoms with E-state index in [0.29, 0.717) is 31.1 Å². The Hall–Kier alpha value is -3.36. The van der Waals surface area contributed by atoms with Crippen molar-refractivity contribution in [3.8, 4) is 5.75 Å². The van der Waals surface area contributed by atoms with Crippen LogP contribution in [0.5, 0.6) is 5.75 Å². The Morgan fingerprint density at radius 3 is 2.79 bits per heavy atom. The van der Waals surface area contributed by atoms with Gasteiger partial charge in [-0.25, -0.2) is 4.98 Å². The quantitative estimate of drug-likeness (QED) is 0.728. The van der Waals surface area contributed by atoms with Crippen molar-refractivity contribution in [3.05, 3.63) is 36.0 Å². The molecule has 2 amide bonds. The van der Waals surface area contributed by atoms with Crippen molar-refractivity contribution < 1.29 is 14.3 Å². The number of nitrogens with zero attached hydrogens (tertiary/aromatic N) is 5. The number of rotatable bonds is 5. The van der Waals surface area contributed by atoms with Crippen LogP contribution in [0.2, 0.25) is 0 Å². The van der Waals surface area contributed by atoms with Gasteiger partial charge in [-0.15, -0.1) is 0 Å². The zero-order valence-electron chi connectivity index (χ0n) is 19.9. The minimum atomic E-state index is -0.0839. The normalized spacial score (nSPS) is 20.6. The average molecular weight is 465 g/mol. The van der Waals surface area contributed by atoms with Crippen LogP contribution in [-0.2, 0) is 4.79 Å². The zero-order valence-corrected chi connectivity index (χ0v) is 19.9. The molecule has 3 aliphatic heterocycles. The van der Waals surface area contributed by atoms with Crippen LogP contribution in [0.25, 0.3) is 0 Å². The number of piperidine rings is 1. The SMILES string of the molecule is CCNc1ncc2c(n1)N1CCCC1CN(c1cccc(OC3CCN(C(C)=O)CC3)c1)C2=O. The Kier molecular flexibility index (Phi) is 6.26. The van der Waals surface area contributed by atoms with Gasteiger partial charge in [0.25, 0.3) is 5.91 Å². The monoisotopic (exact) mass is 464 g/mol. The van der Waals surface area contributed by atoms with E-state index in [1.165, 1.54) is 0 Å². The highest BCUT2D eigenvalue weighted by molar-refractivity contribution is 6.10. The first-order chi connectivity index (χ1) is 16.5. The molecule has 180 valence electrons. The molecule has 1 aromatic heterocycles. The molecule has 2 fully saturated rings. The predicted octanol–water partition coefficient (Wildman–Crippen LogP) is 2.93. The van der Waals surface area contributed by atoms with Gasteiger partial charge in [0, 0.05) is 76.5 Å². The molecule has 2 saturated heterocycles. The third kappa shape index (κ3) is 4.38. The minimum absolute atomic E-state index is 0.0645. The van der Waals surface area contributed by atoms with E-state index in [2.05, 4.69) is 15.2 Å². The van der Waals surface area contributed by atoms with Gasteiger partial charge in [0.1, 0.15) is 23.2 Å². The minimum Gasteiger partial charge on any atom is -0.490 e. The molecular weight excluding hydrogens is 432 g/mol. The van der Waals surface area contributed by atoms with Crippen LogP contribution in [0.3, 0.4) is 0 Å². The summed E-state index contributed by atoms with van der Waals surface area (Å²) in [4.78, 5) is 40.3. The first kappa shape index (κ1) is 22.4. The molecule has 3 aliphatic rings. The Labute approximate surface area is 200 Å². The van der Waals surface area contributed by atoms with Gasteiger partial charge in [0.15, 0.2) is 0 Å². The second-order valence-electron chi connectivity index (χ2n) is 9.19. The Bertz CT molecular complexity index is 1070. The van der Waals surface area contributed by atoms with Crippen LogP contribution in [0.4, 0.5) is 17.5 Å². The first-order valence-corrected chi connectivity index (χ1v) is 12.2. The molecule has 1 unspecified atom stereocenters. The number of likely N-dealkylation sites (tertiary alicyclic amines) is 1. The van der Waals surface area contributed by atoms with Gasteiger partial charge in [0.2, 0.25) is 11.9 Å². The summed E-state index contributed by atoms with van der Waals surface area (Å²) in [6.45, 7) is 7.26. The van der Waals surface area contributed by atoms with Crippen molar-refractivity contribution in [2.75, 3.05) is 47.8 Å². The number of amides is 2. The van der Waals surface area contributed by atoms with E-state index in [1.54, 1.807) is 13.1 Å². The van der Waals surface area contributed by atoms with Crippen molar-refractivity contribution in [3.63, 3.8) is 0 Å². The molecule has 34 heavy (non-hydrogen) atoms. The molecule has 0 spiro atoms. The molecule has 0 aliphatic carbocycles. The number of benzene rings is 1. The van der Waals surface area contributed by atoms with Crippen LogP contribution < -0.4 is 19.9 Å². The molecule has 0 bridgehead atoms. The molecule has 5 rings (SSSR count). The highest BCUT2D eigenvalue weighted by Gasteiger charge is 2.37. The number of aromatic nitrogens is 2. The summed E-state index contributed by atoms with van der Waals surface area (Å²) in [6.07, 6.45) is 5.43. The number of fused-ring (bicyclic) bond motifs is 3. The van der Waals surface area contributed by atoms with Crippen LogP contribution >= 0.6 is 0 Å². The first-order valence-electron chi connectivity index (χ1n) is 12.2. The summed E-state index contributed by atoms with van der Waals surface area (Å²) in [5, 5.41) is 3.16. The maximum absolute atomic E-state index is 13.7. The Morgan fingerprint density at radius 1 is 1.21 bits per heavy atom. The molecular formula is C25H32N6O3. The fourth-order valence-corrected chi connectivity index (χ4v) is 5.16. The molecule has 4 heterocycles. The number of anilines is 3. The van der Waals surface area contributed by atoms with E-state index in [1.807, 2.05) is 41.0 Å². The lowest BCUT2D eigenvalue weighted by Gasteiger charge is -2.32. The third-order valence-electron chi connectivity index (χ3n) is 6.94. The molecule has 2 aromatic rings. The van der Waals surface area contributed by atoms with E-state index in [0.717, 1.165) is 56.0 Å². The smallest absolute Gasteiger partial charge is 0.263 e. The van der Waals surface area contributed by atoms with Crippen molar-refractivity contribution in [1.82, 2.24) is 14.9 Å². The highest BCUT2D eigenvalue weighted by atomic mass is 16.5. The van der Waals surface area contributed by atoms with Crippen molar-refractivity contribution in [2.24, 2.45) is 0 Å².